The quantitative estimate of drug-likeness (QED) is 0.388. The van der Waals surface area contributed by atoms with Gasteiger partial charge in [-0.2, -0.15) is 5.10 Å². The maximum absolute atomic E-state index is 13.3. The van der Waals surface area contributed by atoms with Crippen LogP contribution in [0.5, 0.6) is 0 Å². The number of aromatic nitrogens is 2. The molecule has 4 rings (SSSR count). The Bertz CT molecular complexity index is 1430. The van der Waals surface area contributed by atoms with Gasteiger partial charge in [0, 0.05) is 29.9 Å². The highest BCUT2D eigenvalue weighted by molar-refractivity contribution is 7.90. The smallest absolute Gasteiger partial charge is 0.248 e. The highest BCUT2D eigenvalue weighted by atomic mass is 32.2. The summed E-state index contributed by atoms with van der Waals surface area (Å²) in [4.78, 5) is 12.7. The zero-order valence-corrected chi connectivity index (χ0v) is 19.2. The van der Waals surface area contributed by atoms with Gasteiger partial charge >= 0.3 is 0 Å². The molecule has 1 aromatic heterocycles. The molecule has 0 fully saturated rings. The number of benzene rings is 3. The van der Waals surface area contributed by atoms with Gasteiger partial charge in [0.2, 0.25) is 5.91 Å². The SMILES string of the molecule is Cn1ncc(/C=C/C(=O)Nc2ccc(CS(=O)(=O)c3ccccc3)cc2)c1-c1ccc(F)cc1. The number of hydrogen-bond donors (Lipinski definition) is 1. The summed E-state index contributed by atoms with van der Waals surface area (Å²) in [5, 5.41) is 6.98. The molecule has 0 atom stereocenters. The van der Waals surface area contributed by atoms with Crippen LogP contribution in [0.3, 0.4) is 0 Å². The number of carbonyl (C=O) groups excluding carboxylic acids is 1. The van der Waals surface area contributed by atoms with E-state index in [0.717, 1.165) is 11.3 Å². The zero-order chi connectivity index (χ0) is 24.1. The Morgan fingerprint density at radius 3 is 2.35 bits per heavy atom. The first-order valence-electron chi connectivity index (χ1n) is 10.5. The van der Waals surface area contributed by atoms with Crippen LogP contribution in [0.1, 0.15) is 11.1 Å². The number of carbonyl (C=O) groups is 1. The molecule has 4 aromatic rings. The van der Waals surface area contributed by atoms with Gasteiger partial charge in [-0.05, 0) is 60.2 Å². The lowest BCUT2D eigenvalue weighted by Gasteiger charge is -2.07. The Morgan fingerprint density at radius 2 is 1.68 bits per heavy atom. The second-order valence-electron chi connectivity index (χ2n) is 7.67. The van der Waals surface area contributed by atoms with Crippen LogP contribution in [0.2, 0.25) is 0 Å². The van der Waals surface area contributed by atoms with Gasteiger partial charge in [0.15, 0.2) is 9.84 Å². The Kier molecular flexibility index (Phi) is 6.70. The minimum Gasteiger partial charge on any atom is -0.323 e. The van der Waals surface area contributed by atoms with Gasteiger partial charge < -0.3 is 5.32 Å². The molecule has 0 aliphatic carbocycles. The lowest BCUT2D eigenvalue weighted by molar-refractivity contribution is -0.111. The molecule has 8 heteroatoms. The topological polar surface area (TPSA) is 81.1 Å². The van der Waals surface area contributed by atoms with E-state index in [1.807, 2.05) is 0 Å². The maximum atomic E-state index is 13.3. The minimum atomic E-state index is -3.44. The van der Waals surface area contributed by atoms with Crippen LogP contribution in [-0.2, 0) is 27.4 Å². The van der Waals surface area contributed by atoms with Crippen molar-refractivity contribution in [3.8, 4) is 11.3 Å². The van der Waals surface area contributed by atoms with E-state index in [4.69, 9.17) is 0 Å². The minimum absolute atomic E-state index is 0.127. The fourth-order valence-corrected chi connectivity index (χ4v) is 4.87. The predicted molar refractivity (Wildman–Crippen MR) is 130 cm³/mol. The second kappa shape index (κ2) is 9.84. The number of nitrogens with one attached hydrogen (secondary N) is 1. The first-order chi connectivity index (χ1) is 16.3. The second-order valence-corrected chi connectivity index (χ2v) is 9.66. The van der Waals surface area contributed by atoms with Crippen LogP contribution in [-0.4, -0.2) is 24.1 Å². The Labute approximate surface area is 197 Å². The summed E-state index contributed by atoms with van der Waals surface area (Å²) in [6.45, 7) is 0. The summed E-state index contributed by atoms with van der Waals surface area (Å²) < 4.78 is 40.0. The van der Waals surface area contributed by atoms with Crippen molar-refractivity contribution in [2.75, 3.05) is 5.32 Å². The maximum Gasteiger partial charge on any atom is 0.248 e. The number of anilines is 1. The van der Waals surface area contributed by atoms with Gasteiger partial charge in [0.05, 0.1) is 22.5 Å². The molecule has 0 saturated carbocycles. The summed E-state index contributed by atoms with van der Waals surface area (Å²) in [5.41, 5.74) is 3.42. The Hall–Kier alpha value is -4.04. The molecule has 1 amide bonds. The third-order valence-electron chi connectivity index (χ3n) is 5.18. The van der Waals surface area contributed by atoms with Crippen LogP contribution >= 0.6 is 0 Å². The van der Waals surface area contributed by atoms with Gasteiger partial charge in [-0.1, -0.05) is 30.3 Å². The average Bonchev–Trinajstić information content (AvgIpc) is 3.20. The van der Waals surface area contributed by atoms with Crippen molar-refractivity contribution >= 4 is 27.5 Å². The molecule has 1 heterocycles. The molecular weight excluding hydrogens is 453 g/mol. The average molecular weight is 476 g/mol. The van der Waals surface area contributed by atoms with Crippen LogP contribution < -0.4 is 5.32 Å². The predicted octanol–water partition coefficient (Wildman–Crippen LogP) is 4.85. The fourth-order valence-electron chi connectivity index (χ4n) is 3.50. The highest BCUT2D eigenvalue weighted by Crippen LogP contribution is 2.24. The molecule has 0 aliphatic rings. The molecule has 0 spiro atoms. The summed E-state index contributed by atoms with van der Waals surface area (Å²) in [7, 11) is -1.67. The fraction of sp³-hybridized carbons (Fsp3) is 0.0769. The van der Waals surface area contributed by atoms with E-state index in [2.05, 4.69) is 10.4 Å². The van der Waals surface area contributed by atoms with Crippen LogP contribution in [0.15, 0.2) is 96.0 Å². The van der Waals surface area contributed by atoms with Crippen molar-refractivity contribution in [1.82, 2.24) is 9.78 Å². The summed E-state index contributed by atoms with van der Waals surface area (Å²) in [6.07, 6.45) is 4.66. The molecule has 0 saturated heterocycles. The monoisotopic (exact) mass is 475 g/mol. The molecule has 0 aliphatic heterocycles. The normalized spacial score (nSPS) is 11.6. The first-order valence-corrected chi connectivity index (χ1v) is 12.1. The van der Waals surface area contributed by atoms with Crippen LogP contribution in [0, 0.1) is 5.82 Å². The van der Waals surface area contributed by atoms with E-state index < -0.39 is 9.84 Å². The van der Waals surface area contributed by atoms with Crippen molar-refractivity contribution < 1.29 is 17.6 Å². The van der Waals surface area contributed by atoms with Gasteiger partial charge in [-0.3, -0.25) is 9.48 Å². The van der Waals surface area contributed by atoms with Gasteiger partial charge in [-0.25, -0.2) is 12.8 Å². The number of halogens is 1. The third-order valence-corrected chi connectivity index (χ3v) is 6.88. The lowest BCUT2D eigenvalue weighted by Crippen LogP contribution is -2.08. The van der Waals surface area contributed by atoms with E-state index in [1.54, 1.807) is 90.7 Å². The highest BCUT2D eigenvalue weighted by Gasteiger charge is 2.15. The van der Waals surface area contributed by atoms with Crippen molar-refractivity contribution in [3.05, 3.63) is 108 Å². The van der Waals surface area contributed by atoms with Crippen molar-refractivity contribution in [2.45, 2.75) is 10.6 Å². The molecule has 1 N–H and O–H groups in total. The number of aryl methyl sites for hydroxylation is 1. The molecule has 0 radical (unpaired) electrons. The van der Waals surface area contributed by atoms with Gasteiger partial charge in [0.1, 0.15) is 5.82 Å². The van der Waals surface area contributed by atoms with E-state index in [-0.39, 0.29) is 22.4 Å². The van der Waals surface area contributed by atoms with Crippen molar-refractivity contribution in [2.24, 2.45) is 7.05 Å². The van der Waals surface area contributed by atoms with Gasteiger partial charge in [0.25, 0.3) is 0 Å². The van der Waals surface area contributed by atoms with E-state index >= 15 is 0 Å². The molecule has 6 nitrogen and oxygen atoms in total. The summed E-state index contributed by atoms with van der Waals surface area (Å²) >= 11 is 0. The van der Waals surface area contributed by atoms with Gasteiger partial charge in [-0.15, -0.1) is 0 Å². The molecular formula is C26H22FN3O3S. The Balaban J connectivity index is 1.42. The number of nitrogens with zero attached hydrogens (tertiary/aromatic N) is 2. The molecule has 3 aromatic carbocycles. The Morgan fingerprint density at radius 1 is 1.00 bits per heavy atom. The van der Waals surface area contributed by atoms with Crippen LogP contribution in [0.25, 0.3) is 17.3 Å². The van der Waals surface area contributed by atoms with E-state index in [0.29, 0.717) is 16.8 Å². The third kappa shape index (κ3) is 5.47. The first kappa shape index (κ1) is 23.1. The summed E-state index contributed by atoms with van der Waals surface area (Å²) in [6, 6.07) is 21.0. The zero-order valence-electron chi connectivity index (χ0n) is 18.4. The van der Waals surface area contributed by atoms with Crippen molar-refractivity contribution in [3.63, 3.8) is 0 Å². The van der Waals surface area contributed by atoms with E-state index in [1.165, 1.54) is 18.2 Å². The largest absolute Gasteiger partial charge is 0.323 e. The number of hydrogen-bond acceptors (Lipinski definition) is 4. The molecule has 0 bridgehead atoms. The number of amides is 1. The standard InChI is InChI=1S/C26H22FN3O3S/c1-30-26(20-9-12-22(27)13-10-20)21(17-28-30)11-16-25(31)29-23-14-7-19(8-15-23)18-34(32,33)24-5-3-2-4-6-24/h2-17H,18H2,1H3,(H,29,31)/b16-11+. The number of sulfone groups is 1. The molecule has 0 unspecified atom stereocenters. The van der Waals surface area contributed by atoms with Crippen molar-refractivity contribution in [1.29, 1.82) is 0 Å². The van der Waals surface area contributed by atoms with E-state index in [9.17, 15) is 17.6 Å². The lowest BCUT2D eigenvalue weighted by atomic mass is 10.1. The molecule has 172 valence electrons. The number of rotatable bonds is 7. The molecule has 34 heavy (non-hydrogen) atoms. The summed E-state index contributed by atoms with van der Waals surface area (Å²) in [5.74, 6) is -0.803. The van der Waals surface area contributed by atoms with Crippen LogP contribution in [0.4, 0.5) is 10.1 Å².